The van der Waals surface area contributed by atoms with Crippen LogP contribution >= 0.6 is 0 Å². The Morgan fingerprint density at radius 2 is 2.23 bits per heavy atom. The quantitative estimate of drug-likeness (QED) is 0.664. The predicted molar refractivity (Wildman–Crippen MR) is 50.5 cm³/mol. The molecule has 3 nitrogen and oxygen atoms in total. The third kappa shape index (κ3) is 2.61. The van der Waals surface area contributed by atoms with E-state index in [1.54, 1.807) is 0 Å². The highest BCUT2D eigenvalue weighted by molar-refractivity contribution is 5.69. The van der Waals surface area contributed by atoms with Crippen LogP contribution in [-0.2, 0) is 16.1 Å². The molecule has 13 heavy (non-hydrogen) atoms. The summed E-state index contributed by atoms with van der Waals surface area (Å²) in [7, 11) is 0. The summed E-state index contributed by atoms with van der Waals surface area (Å²) in [6.45, 7) is 6.55. The van der Waals surface area contributed by atoms with E-state index in [4.69, 9.17) is 4.74 Å². The Balaban J connectivity index is 2.63. The molecule has 0 saturated carbocycles. The first-order valence-electron chi connectivity index (χ1n) is 4.42. The molecule has 72 valence electrons. The maximum absolute atomic E-state index is 11.1. The molecule has 1 aromatic rings. The van der Waals surface area contributed by atoms with E-state index in [1.807, 2.05) is 37.6 Å². The van der Waals surface area contributed by atoms with Crippen LogP contribution in [0.25, 0.3) is 0 Å². The van der Waals surface area contributed by atoms with Crippen LogP contribution in [0.15, 0.2) is 12.3 Å². The van der Waals surface area contributed by atoms with Crippen molar-refractivity contribution in [1.29, 1.82) is 0 Å². The lowest BCUT2D eigenvalue weighted by molar-refractivity contribution is -0.143. The van der Waals surface area contributed by atoms with Gasteiger partial charge in [0.1, 0.15) is 6.54 Å². The van der Waals surface area contributed by atoms with Gasteiger partial charge < -0.3 is 9.30 Å². The maximum Gasteiger partial charge on any atom is 0.325 e. The zero-order valence-corrected chi connectivity index (χ0v) is 8.33. The Bertz CT molecular complexity index is 302. The first kappa shape index (κ1) is 9.84. The fourth-order valence-electron chi connectivity index (χ4n) is 1.31. The van der Waals surface area contributed by atoms with Crippen LogP contribution in [0.3, 0.4) is 0 Å². The summed E-state index contributed by atoms with van der Waals surface area (Å²) >= 11 is 0. The topological polar surface area (TPSA) is 31.2 Å². The second-order valence-electron chi connectivity index (χ2n) is 3.09. The largest absolute Gasteiger partial charge is 0.465 e. The second-order valence-corrected chi connectivity index (χ2v) is 3.09. The Kier molecular flexibility index (Phi) is 3.12. The molecule has 0 fully saturated rings. The van der Waals surface area contributed by atoms with Crippen LogP contribution in [0.4, 0.5) is 0 Å². The van der Waals surface area contributed by atoms with E-state index in [9.17, 15) is 4.79 Å². The maximum atomic E-state index is 11.1. The number of carbonyl (C=O) groups is 1. The Labute approximate surface area is 78.3 Å². The lowest BCUT2D eigenvalue weighted by Crippen LogP contribution is -2.13. The summed E-state index contributed by atoms with van der Waals surface area (Å²) in [4.78, 5) is 11.1. The van der Waals surface area contributed by atoms with Gasteiger partial charge in [-0.2, -0.15) is 0 Å². The Morgan fingerprint density at radius 1 is 1.54 bits per heavy atom. The standard InChI is InChI=1S/C10H15NO2/c1-4-13-10(12)7-11-6-8(2)5-9(11)3/h5-6H,4,7H2,1-3H3. The molecular formula is C10H15NO2. The normalized spacial score (nSPS) is 10.1. The van der Waals surface area contributed by atoms with Gasteiger partial charge in [0, 0.05) is 11.9 Å². The van der Waals surface area contributed by atoms with E-state index in [0.29, 0.717) is 13.2 Å². The first-order valence-corrected chi connectivity index (χ1v) is 4.42. The van der Waals surface area contributed by atoms with Gasteiger partial charge in [-0.05, 0) is 32.4 Å². The van der Waals surface area contributed by atoms with Gasteiger partial charge in [-0.25, -0.2) is 0 Å². The number of nitrogens with zero attached hydrogens (tertiary/aromatic N) is 1. The van der Waals surface area contributed by atoms with Gasteiger partial charge in [0.15, 0.2) is 0 Å². The number of rotatable bonds is 3. The third-order valence-corrected chi connectivity index (χ3v) is 1.85. The molecule has 0 spiro atoms. The SMILES string of the molecule is CCOC(=O)Cn1cc(C)cc1C. The second kappa shape index (κ2) is 4.12. The number of hydrogen-bond acceptors (Lipinski definition) is 2. The van der Waals surface area contributed by atoms with E-state index in [1.165, 1.54) is 5.56 Å². The van der Waals surface area contributed by atoms with E-state index < -0.39 is 0 Å². The Hall–Kier alpha value is -1.25. The highest BCUT2D eigenvalue weighted by Crippen LogP contribution is 2.06. The van der Waals surface area contributed by atoms with Crippen molar-refractivity contribution in [3.8, 4) is 0 Å². The van der Waals surface area contributed by atoms with Gasteiger partial charge in [0.25, 0.3) is 0 Å². The molecule has 0 aromatic carbocycles. The van der Waals surface area contributed by atoms with Gasteiger partial charge in [-0.1, -0.05) is 0 Å². The monoisotopic (exact) mass is 181 g/mol. The number of hydrogen-bond donors (Lipinski definition) is 0. The summed E-state index contributed by atoms with van der Waals surface area (Å²) in [5.41, 5.74) is 2.26. The lowest BCUT2D eigenvalue weighted by atomic mass is 10.4. The number of carbonyl (C=O) groups excluding carboxylic acids is 1. The Morgan fingerprint density at radius 3 is 2.69 bits per heavy atom. The third-order valence-electron chi connectivity index (χ3n) is 1.85. The van der Waals surface area contributed by atoms with Crippen molar-refractivity contribution in [3.63, 3.8) is 0 Å². The molecule has 0 amide bonds. The number of esters is 1. The molecule has 1 aromatic heterocycles. The van der Waals surface area contributed by atoms with Crippen molar-refractivity contribution in [3.05, 3.63) is 23.5 Å². The molecule has 0 aliphatic heterocycles. The number of aryl methyl sites for hydroxylation is 2. The van der Waals surface area contributed by atoms with Crippen LogP contribution in [0, 0.1) is 13.8 Å². The molecule has 0 atom stereocenters. The molecule has 1 heterocycles. The van der Waals surface area contributed by atoms with Crippen molar-refractivity contribution in [2.45, 2.75) is 27.3 Å². The van der Waals surface area contributed by atoms with Crippen LogP contribution in [0.1, 0.15) is 18.2 Å². The predicted octanol–water partition coefficient (Wildman–Crippen LogP) is 1.67. The number of ether oxygens (including phenoxy) is 1. The average molecular weight is 181 g/mol. The minimum absolute atomic E-state index is 0.179. The molecule has 0 N–H and O–H groups in total. The fraction of sp³-hybridized carbons (Fsp3) is 0.500. The number of aromatic nitrogens is 1. The van der Waals surface area contributed by atoms with Crippen molar-refractivity contribution in [2.75, 3.05) is 6.61 Å². The average Bonchev–Trinajstić information content (AvgIpc) is 2.30. The summed E-state index contributed by atoms with van der Waals surface area (Å²) < 4.78 is 6.75. The van der Waals surface area contributed by atoms with Crippen molar-refractivity contribution in [1.82, 2.24) is 4.57 Å². The van der Waals surface area contributed by atoms with Crippen LogP contribution in [0.2, 0.25) is 0 Å². The van der Waals surface area contributed by atoms with Crippen LogP contribution in [0.5, 0.6) is 0 Å². The summed E-state index contributed by atoms with van der Waals surface area (Å²) in [6.07, 6.45) is 1.95. The van der Waals surface area contributed by atoms with Crippen molar-refractivity contribution >= 4 is 5.97 Å². The molecule has 0 radical (unpaired) electrons. The van der Waals surface area contributed by atoms with Gasteiger partial charge in [-0.15, -0.1) is 0 Å². The highest BCUT2D eigenvalue weighted by atomic mass is 16.5. The van der Waals surface area contributed by atoms with Crippen LogP contribution in [-0.4, -0.2) is 17.1 Å². The lowest BCUT2D eigenvalue weighted by Gasteiger charge is -2.04. The highest BCUT2D eigenvalue weighted by Gasteiger charge is 2.05. The van der Waals surface area contributed by atoms with Crippen molar-refractivity contribution in [2.24, 2.45) is 0 Å². The zero-order valence-electron chi connectivity index (χ0n) is 8.33. The molecule has 3 heteroatoms. The summed E-state index contributed by atoms with van der Waals surface area (Å²) in [6, 6.07) is 2.04. The summed E-state index contributed by atoms with van der Waals surface area (Å²) in [5.74, 6) is -0.179. The van der Waals surface area contributed by atoms with E-state index >= 15 is 0 Å². The molecule has 0 unspecified atom stereocenters. The van der Waals surface area contributed by atoms with E-state index in [0.717, 1.165) is 5.69 Å². The van der Waals surface area contributed by atoms with Gasteiger partial charge in [0.2, 0.25) is 0 Å². The fourth-order valence-corrected chi connectivity index (χ4v) is 1.31. The first-order chi connectivity index (χ1) is 6.13. The van der Waals surface area contributed by atoms with Gasteiger partial charge in [0.05, 0.1) is 6.61 Å². The molecule has 1 rings (SSSR count). The minimum Gasteiger partial charge on any atom is -0.465 e. The van der Waals surface area contributed by atoms with E-state index in [2.05, 4.69) is 0 Å². The summed E-state index contributed by atoms with van der Waals surface area (Å²) in [5, 5.41) is 0. The molecule has 0 aliphatic carbocycles. The van der Waals surface area contributed by atoms with Gasteiger partial charge in [-0.3, -0.25) is 4.79 Å². The van der Waals surface area contributed by atoms with Crippen LogP contribution < -0.4 is 0 Å². The minimum atomic E-state index is -0.179. The zero-order chi connectivity index (χ0) is 9.84. The van der Waals surface area contributed by atoms with Gasteiger partial charge >= 0.3 is 5.97 Å². The molecule has 0 saturated heterocycles. The molecule has 0 bridgehead atoms. The molecule has 0 aliphatic rings. The van der Waals surface area contributed by atoms with Crippen molar-refractivity contribution < 1.29 is 9.53 Å². The van der Waals surface area contributed by atoms with E-state index in [-0.39, 0.29) is 5.97 Å². The smallest absolute Gasteiger partial charge is 0.325 e. The molecular weight excluding hydrogens is 166 g/mol.